The van der Waals surface area contributed by atoms with Gasteiger partial charge in [-0.2, -0.15) is 0 Å². The Hall–Kier alpha value is -4.28. The van der Waals surface area contributed by atoms with E-state index in [4.69, 9.17) is 29.8 Å². The molecule has 1 amide bonds. The molecule has 4 N–H and O–H groups in total. The molecular formula is C24H28N2O9. The third kappa shape index (κ3) is 8.54. The lowest BCUT2D eigenvalue weighted by Gasteiger charge is -2.21. The smallest absolute Gasteiger partial charge is 0.478 e. The first-order valence-electron chi connectivity index (χ1n) is 10.4. The Kier molecular flexibility index (Phi) is 7.96. The highest BCUT2D eigenvalue weighted by atomic mass is 16.7. The van der Waals surface area contributed by atoms with Crippen LogP contribution in [0.15, 0.2) is 36.4 Å². The first-order valence-corrected chi connectivity index (χ1v) is 10.4. The molecule has 0 aromatic heterocycles. The molecule has 0 radical (unpaired) electrons. The number of rotatable bonds is 5. The largest absolute Gasteiger partial charge is 0.514 e. The molecule has 0 heterocycles. The van der Waals surface area contributed by atoms with Crippen molar-refractivity contribution in [3.63, 3.8) is 0 Å². The third-order valence-electron chi connectivity index (χ3n) is 3.91. The molecule has 2 aromatic carbocycles. The van der Waals surface area contributed by atoms with E-state index in [1.165, 1.54) is 30.3 Å². The Morgan fingerprint density at radius 2 is 1.29 bits per heavy atom. The number of carboxylic acids is 1. The van der Waals surface area contributed by atoms with Crippen LogP contribution in [0.5, 0.6) is 11.5 Å². The quantitative estimate of drug-likeness (QED) is 0.301. The van der Waals surface area contributed by atoms with E-state index in [0.29, 0.717) is 0 Å². The summed E-state index contributed by atoms with van der Waals surface area (Å²) in [7, 11) is 0. The fourth-order valence-corrected chi connectivity index (χ4v) is 2.56. The van der Waals surface area contributed by atoms with Crippen molar-refractivity contribution in [1.82, 2.24) is 0 Å². The van der Waals surface area contributed by atoms with Gasteiger partial charge < -0.3 is 35.1 Å². The average molecular weight is 488 g/mol. The number of carbonyl (C=O) groups is 4. The van der Waals surface area contributed by atoms with E-state index in [0.717, 1.165) is 6.07 Å². The third-order valence-corrected chi connectivity index (χ3v) is 3.91. The van der Waals surface area contributed by atoms with Gasteiger partial charge in [0.2, 0.25) is 0 Å². The van der Waals surface area contributed by atoms with Gasteiger partial charge in [-0.1, -0.05) is 0 Å². The zero-order valence-electron chi connectivity index (χ0n) is 20.3. The van der Waals surface area contributed by atoms with Crippen molar-refractivity contribution in [3.8, 4) is 11.5 Å². The van der Waals surface area contributed by atoms with Crippen molar-refractivity contribution in [2.45, 2.75) is 52.7 Å². The second-order valence-electron chi connectivity index (χ2n) is 9.36. The summed E-state index contributed by atoms with van der Waals surface area (Å²) < 4.78 is 20.6. The summed E-state index contributed by atoms with van der Waals surface area (Å²) >= 11 is 0. The van der Waals surface area contributed by atoms with Gasteiger partial charge >= 0.3 is 18.3 Å². The van der Waals surface area contributed by atoms with Gasteiger partial charge in [-0.3, -0.25) is 4.79 Å². The summed E-state index contributed by atoms with van der Waals surface area (Å²) in [6, 6.07) is 7.53. The van der Waals surface area contributed by atoms with Crippen molar-refractivity contribution >= 4 is 35.6 Å². The molecule has 0 spiro atoms. The topological polar surface area (TPSA) is 163 Å². The first kappa shape index (κ1) is 27.0. The zero-order chi connectivity index (χ0) is 26.6. The molecule has 2 aromatic rings. The van der Waals surface area contributed by atoms with E-state index >= 15 is 0 Å². The van der Waals surface area contributed by atoms with Gasteiger partial charge in [-0.25, -0.2) is 14.4 Å². The van der Waals surface area contributed by atoms with E-state index in [-0.39, 0.29) is 34.0 Å². The van der Waals surface area contributed by atoms with Crippen LogP contribution in [0.4, 0.5) is 21.0 Å². The van der Waals surface area contributed by atoms with Gasteiger partial charge in [0.15, 0.2) is 5.75 Å². The van der Waals surface area contributed by atoms with Crippen LogP contribution in [0.1, 0.15) is 62.3 Å². The average Bonchev–Trinajstić information content (AvgIpc) is 2.67. The van der Waals surface area contributed by atoms with Gasteiger partial charge in [-0.05, 0) is 65.8 Å². The monoisotopic (exact) mass is 488 g/mol. The summed E-state index contributed by atoms with van der Waals surface area (Å²) in [6.07, 6.45) is -2.11. The van der Waals surface area contributed by atoms with E-state index < -0.39 is 35.4 Å². The Morgan fingerprint density at radius 3 is 1.77 bits per heavy atom. The number of ether oxygens (including phenoxy) is 4. The number of carboxylic acid groups (broad SMARTS) is 1. The molecule has 35 heavy (non-hydrogen) atoms. The molecule has 0 unspecified atom stereocenters. The molecule has 11 heteroatoms. The van der Waals surface area contributed by atoms with Crippen molar-refractivity contribution in [3.05, 3.63) is 47.5 Å². The lowest BCUT2D eigenvalue weighted by atomic mass is 10.1. The minimum Gasteiger partial charge on any atom is -0.478 e. The predicted molar refractivity (Wildman–Crippen MR) is 126 cm³/mol. The Bertz CT molecular complexity index is 1130. The van der Waals surface area contributed by atoms with Gasteiger partial charge in [0.05, 0.1) is 11.3 Å². The lowest BCUT2D eigenvalue weighted by molar-refractivity contribution is 0.0204. The van der Waals surface area contributed by atoms with E-state index in [2.05, 4.69) is 5.32 Å². The lowest BCUT2D eigenvalue weighted by Crippen LogP contribution is -2.27. The van der Waals surface area contributed by atoms with Crippen molar-refractivity contribution in [1.29, 1.82) is 0 Å². The van der Waals surface area contributed by atoms with Crippen molar-refractivity contribution in [2.75, 3.05) is 11.1 Å². The molecule has 0 aliphatic rings. The minimum absolute atomic E-state index is 0.00124. The number of nitrogen functional groups attached to an aromatic ring is 1. The number of benzene rings is 2. The summed E-state index contributed by atoms with van der Waals surface area (Å²) in [5.41, 5.74) is 4.29. The van der Waals surface area contributed by atoms with Crippen LogP contribution in [0, 0.1) is 0 Å². The molecule has 188 valence electrons. The van der Waals surface area contributed by atoms with Crippen molar-refractivity contribution in [2.24, 2.45) is 0 Å². The molecule has 0 aliphatic carbocycles. The van der Waals surface area contributed by atoms with Gasteiger partial charge in [0.25, 0.3) is 5.91 Å². The molecule has 0 aliphatic heterocycles. The molecule has 0 saturated carbocycles. The SMILES string of the molecule is CC(C)(C)OC(=O)Oc1cc(N)c(NC(=O)c2ccc(C(=O)O)cc2)c(OC(=O)OC(C)(C)C)c1. The minimum atomic E-state index is -1.14. The number of hydrogen-bond acceptors (Lipinski definition) is 9. The molecule has 0 atom stereocenters. The van der Waals surface area contributed by atoms with Crippen molar-refractivity contribution < 1.29 is 43.2 Å². The standard InChI is InChI=1S/C24H28N2O9/c1-23(2,3)34-21(30)32-15-11-16(25)18(17(12-15)33-22(31)35-24(4,5)6)26-19(27)13-7-9-14(10-8-13)20(28)29/h7-12H,25H2,1-6H3,(H,26,27)(H,28,29). The van der Waals surface area contributed by atoms with Gasteiger partial charge in [-0.15, -0.1) is 0 Å². The fraction of sp³-hybridized carbons (Fsp3) is 0.333. The highest BCUT2D eigenvalue weighted by molar-refractivity contribution is 6.07. The number of hydrogen-bond donors (Lipinski definition) is 3. The summed E-state index contributed by atoms with van der Waals surface area (Å²) in [4.78, 5) is 48.1. The maximum Gasteiger partial charge on any atom is 0.514 e. The summed E-state index contributed by atoms with van der Waals surface area (Å²) in [6.45, 7) is 9.86. The fourth-order valence-electron chi connectivity index (χ4n) is 2.56. The highest BCUT2D eigenvalue weighted by Gasteiger charge is 2.24. The number of amides is 1. The van der Waals surface area contributed by atoms with Crippen LogP contribution in [0.25, 0.3) is 0 Å². The molecule has 0 fully saturated rings. The first-order chi connectivity index (χ1) is 16.0. The maximum atomic E-state index is 12.7. The van der Waals surface area contributed by atoms with Crippen LogP contribution in [0.3, 0.4) is 0 Å². The Balaban J connectivity index is 2.38. The number of nitrogens with one attached hydrogen (secondary N) is 1. The second-order valence-corrected chi connectivity index (χ2v) is 9.36. The van der Waals surface area contributed by atoms with Crippen LogP contribution >= 0.6 is 0 Å². The van der Waals surface area contributed by atoms with Crippen LogP contribution in [0.2, 0.25) is 0 Å². The molecular weight excluding hydrogens is 460 g/mol. The Morgan fingerprint density at radius 1 is 0.800 bits per heavy atom. The predicted octanol–water partition coefficient (Wildman–Crippen LogP) is 4.85. The normalized spacial score (nSPS) is 11.3. The Labute approximate surface area is 202 Å². The van der Waals surface area contributed by atoms with Crippen LogP contribution in [-0.4, -0.2) is 40.5 Å². The molecule has 0 bridgehead atoms. The van der Waals surface area contributed by atoms with E-state index in [1.54, 1.807) is 41.5 Å². The highest BCUT2D eigenvalue weighted by Crippen LogP contribution is 2.37. The maximum absolute atomic E-state index is 12.7. The van der Waals surface area contributed by atoms with Crippen LogP contribution < -0.4 is 20.5 Å². The number of carbonyl (C=O) groups excluding carboxylic acids is 3. The van der Waals surface area contributed by atoms with E-state index in [9.17, 15) is 19.2 Å². The molecule has 0 saturated heterocycles. The number of anilines is 2. The van der Waals surface area contributed by atoms with Crippen LogP contribution in [-0.2, 0) is 9.47 Å². The van der Waals surface area contributed by atoms with Gasteiger partial charge in [0.1, 0.15) is 22.6 Å². The van der Waals surface area contributed by atoms with Gasteiger partial charge in [0, 0.05) is 17.7 Å². The molecule has 11 nitrogen and oxygen atoms in total. The summed E-state index contributed by atoms with van der Waals surface area (Å²) in [5, 5.41) is 11.5. The zero-order valence-corrected chi connectivity index (χ0v) is 20.3. The number of aromatic carboxylic acids is 1. The number of nitrogens with two attached hydrogens (primary N) is 1. The summed E-state index contributed by atoms with van der Waals surface area (Å²) in [5.74, 6) is -2.18. The van der Waals surface area contributed by atoms with E-state index in [1.807, 2.05) is 0 Å². The second kappa shape index (κ2) is 10.3. The molecule has 2 rings (SSSR count).